The summed E-state index contributed by atoms with van der Waals surface area (Å²) in [7, 11) is 0. The Bertz CT molecular complexity index is 473. The summed E-state index contributed by atoms with van der Waals surface area (Å²) in [6.07, 6.45) is 7.16. The van der Waals surface area contributed by atoms with E-state index in [1.807, 2.05) is 27.0 Å². The number of amides is 1. The number of rotatable bonds is 4. The van der Waals surface area contributed by atoms with E-state index in [1.165, 1.54) is 0 Å². The SMILES string of the molecule is CC(C)(C)OC(=O)NC[C@H]1CCCN(Cc2cnccn2)C1. The molecule has 122 valence electrons. The third-order valence-corrected chi connectivity index (χ3v) is 3.54. The zero-order valence-corrected chi connectivity index (χ0v) is 13.7. The summed E-state index contributed by atoms with van der Waals surface area (Å²) in [4.78, 5) is 22.5. The maximum atomic E-state index is 11.7. The van der Waals surface area contributed by atoms with Crippen molar-refractivity contribution in [2.45, 2.75) is 45.8 Å². The van der Waals surface area contributed by atoms with Crippen molar-refractivity contribution >= 4 is 6.09 Å². The minimum absolute atomic E-state index is 0.335. The van der Waals surface area contributed by atoms with E-state index in [0.717, 1.165) is 38.2 Å². The number of carbonyl (C=O) groups is 1. The number of nitrogens with zero attached hydrogens (tertiary/aromatic N) is 3. The summed E-state index contributed by atoms with van der Waals surface area (Å²) >= 11 is 0. The molecule has 2 rings (SSSR count). The summed E-state index contributed by atoms with van der Waals surface area (Å²) < 4.78 is 5.27. The van der Waals surface area contributed by atoms with Gasteiger partial charge in [-0.1, -0.05) is 0 Å². The topological polar surface area (TPSA) is 67.3 Å². The van der Waals surface area contributed by atoms with Crippen LogP contribution in [-0.4, -0.2) is 46.2 Å². The number of carbonyl (C=O) groups excluding carboxylic acids is 1. The van der Waals surface area contributed by atoms with Crippen molar-refractivity contribution in [2.24, 2.45) is 5.92 Å². The first-order valence-electron chi connectivity index (χ1n) is 7.86. The smallest absolute Gasteiger partial charge is 0.407 e. The molecule has 1 atom stereocenters. The van der Waals surface area contributed by atoms with Crippen LogP contribution >= 0.6 is 0 Å². The van der Waals surface area contributed by atoms with Crippen LogP contribution in [0.3, 0.4) is 0 Å². The lowest BCUT2D eigenvalue weighted by Gasteiger charge is -2.32. The van der Waals surface area contributed by atoms with Gasteiger partial charge in [-0.3, -0.25) is 14.9 Å². The average Bonchev–Trinajstić information content (AvgIpc) is 2.45. The summed E-state index contributed by atoms with van der Waals surface area (Å²) in [5.74, 6) is 0.456. The lowest BCUT2D eigenvalue weighted by Crippen LogP contribution is -2.42. The Hall–Kier alpha value is -1.69. The molecule has 0 radical (unpaired) electrons. The van der Waals surface area contributed by atoms with Crippen molar-refractivity contribution < 1.29 is 9.53 Å². The molecule has 1 saturated heterocycles. The van der Waals surface area contributed by atoms with Crippen LogP contribution in [0.5, 0.6) is 0 Å². The van der Waals surface area contributed by atoms with E-state index in [-0.39, 0.29) is 6.09 Å². The Morgan fingerprint density at radius 3 is 2.95 bits per heavy atom. The molecule has 6 heteroatoms. The first-order valence-corrected chi connectivity index (χ1v) is 7.86. The Morgan fingerprint density at radius 2 is 2.27 bits per heavy atom. The highest BCUT2D eigenvalue weighted by Crippen LogP contribution is 2.17. The molecule has 0 aliphatic carbocycles. The Labute approximate surface area is 132 Å². The second-order valence-corrected chi connectivity index (χ2v) is 6.82. The van der Waals surface area contributed by atoms with Gasteiger partial charge in [0.25, 0.3) is 0 Å². The molecule has 1 N–H and O–H groups in total. The molecule has 0 spiro atoms. The van der Waals surface area contributed by atoms with Gasteiger partial charge in [-0.2, -0.15) is 0 Å². The zero-order valence-electron chi connectivity index (χ0n) is 13.7. The first-order chi connectivity index (χ1) is 10.4. The fraction of sp³-hybridized carbons (Fsp3) is 0.688. The van der Waals surface area contributed by atoms with Crippen LogP contribution in [0, 0.1) is 5.92 Å². The van der Waals surface area contributed by atoms with Gasteiger partial charge in [-0.25, -0.2) is 4.79 Å². The second-order valence-electron chi connectivity index (χ2n) is 6.82. The van der Waals surface area contributed by atoms with Gasteiger partial charge in [-0.15, -0.1) is 0 Å². The average molecular weight is 306 g/mol. The van der Waals surface area contributed by atoms with E-state index < -0.39 is 5.60 Å². The van der Waals surface area contributed by atoms with Gasteiger partial charge in [0.1, 0.15) is 5.60 Å². The molecule has 1 fully saturated rings. The van der Waals surface area contributed by atoms with Crippen LogP contribution in [0.1, 0.15) is 39.3 Å². The van der Waals surface area contributed by atoms with Crippen LogP contribution in [0.2, 0.25) is 0 Å². The number of nitrogens with one attached hydrogen (secondary N) is 1. The molecular formula is C16H26N4O2. The molecule has 0 saturated carbocycles. The summed E-state index contributed by atoms with van der Waals surface area (Å²) in [6, 6.07) is 0. The molecule has 1 aromatic rings. The van der Waals surface area contributed by atoms with E-state index >= 15 is 0 Å². The van der Waals surface area contributed by atoms with Gasteiger partial charge < -0.3 is 10.1 Å². The number of alkyl carbamates (subject to hydrolysis) is 1. The first kappa shape index (κ1) is 16.7. The lowest BCUT2D eigenvalue weighted by atomic mass is 9.98. The standard InChI is InChI=1S/C16H26N4O2/c1-16(2,3)22-15(21)19-9-13-5-4-8-20(11-13)12-14-10-17-6-7-18-14/h6-7,10,13H,4-5,8-9,11-12H2,1-3H3,(H,19,21)/t13-/m1/s1. The number of hydrogen-bond donors (Lipinski definition) is 1. The molecular weight excluding hydrogens is 280 g/mol. The number of aromatic nitrogens is 2. The van der Waals surface area contributed by atoms with Gasteiger partial charge in [0, 0.05) is 38.2 Å². The Kier molecular flexibility index (Phi) is 5.71. The number of ether oxygens (including phenoxy) is 1. The highest BCUT2D eigenvalue weighted by atomic mass is 16.6. The van der Waals surface area contributed by atoms with Crippen molar-refractivity contribution in [2.75, 3.05) is 19.6 Å². The Morgan fingerprint density at radius 1 is 1.45 bits per heavy atom. The third-order valence-electron chi connectivity index (χ3n) is 3.54. The minimum atomic E-state index is -0.450. The van der Waals surface area contributed by atoms with E-state index in [4.69, 9.17) is 4.74 Å². The van der Waals surface area contributed by atoms with Crippen molar-refractivity contribution in [1.82, 2.24) is 20.2 Å². The van der Waals surface area contributed by atoms with Crippen molar-refractivity contribution in [1.29, 1.82) is 0 Å². The molecule has 0 unspecified atom stereocenters. The highest BCUT2D eigenvalue weighted by molar-refractivity contribution is 5.67. The fourth-order valence-electron chi connectivity index (χ4n) is 2.64. The highest BCUT2D eigenvalue weighted by Gasteiger charge is 2.22. The molecule has 0 aromatic carbocycles. The van der Waals surface area contributed by atoms with Crippen LogP contribution in [0.25, 0.3) is 0 Å². The van der Waals surface area contributed by atoms with Gasteiger partial charge >= 0.3 is 6.09 Å². The van der Waals surface area contributed by atoms with E-state index in [9.17, 15) is 4.79 Å². The Balaban J connectivity index is 1.75. The minimum Gasteiger partial charge on any atom is -0.444 e. The van der Waals surface area contributed by atoms with Crippen LogP contribution in [-0.2, 0) is 11.3 Å². The van der Waals surface area contributed by atoms with E-state index in [2.05, 4.69) is 20.2 Å². The third kappa shape index (κ3) is 5.97. The molecule has 2 heterocycles. The molecule has 6 nitrogen and oxygen atoms in total. The number of piperidine rings is 1. The van der Waals surface area contributed by atoms with Gasteiger partial charge in [0.2, 0.25) is 0 Å². The largest absolute Gasteiger partial charge is 0.444 e. The molecule has 1 aliphatic rings. The van der Waals surface area contributed by atoms with Gasteiger partial charge in [-0.05, 0) is 46.1 Å². The van der Waals surface area contributed by atoms with E-state index in [0.29, 0.717) is 12.5 Å². The zero-order chi connectivity index (χ0) is 16.0. The molecule has 22 heavy (non-hydrogen) atoms. The van der Waals surface area contributed by atoms with E-state index in [1.54, 1.807) is 12.4 Å². The van der Waals surface area contributed by atoms with Crippen LogP contribution in [0.15, 0.2) is 18.6 Å². The number of likely N-dealkylation sites (tertiary alicyclic amines) is 1. The van der Waals surface area contributed by atoms with Crippen LogP contribution < -0.4 is 5.32 Å². The van der Waals surface area contributed by atoms with Crippen molar-refractivity contribution in [3.8, 4) is 0 Å². The monoisotopic (exact) mass is 306 g/mol. The summed E-state index contributed by atoms with van der Waals surface area (Å²) in [5, 5.41) is 2.88. The molecule has 1 amide bonds. The van der Waals surface area contributed by atoms with Gasteiger partial charge in [0.05, 0.1) is 5.69 Å². The van der Waals surface area contributed by atoms with Crippen molar-refractivity contribution in [3.63, 3.8) is 0 Å². The predicted octanol–water partition coefficient (Wildman–Crippen LogP) is 2.21. The molecule has 0 bridgehead atoms. The molecule has 1 aromatic heterocycles. The number of hydrogen-bond acceptors (Lipinski definition) is 5. The van der Waals surface area contributed by atoms with Gasteiger partial charge in [0.15, 0.2) is 0 Å². The normalized spacial score (nSPS) is 19.7. The maximum absolute atomic E-state index is 11.7. The van der Waals surface area contributed by atoms with Crippen molar-refractivity contribution in [3.05, 3.63) is 24.3 Å². The lowest BCUT2D eigenvalue weighted by molar-refractivity contribution is 0.0506. The van der Waals surface area contributed by atoms with Crippen LogP contribution in [0.4, 0.5) is 4.79 Å². The fourth-order valence-corrected chi connectivity index (χ4v) is 2.64. The maximum Gasteiger partial charge on any atom is 0.407 e. The summed E-state index contributed by atoms with van der Waals surface area (Å²) in [5.41, 5.74) is 0.539. The quantitative estimate of drug-likeness (QED) is 0.924. The second kappa shape index (κ2) is 7.54. The predicted molar refractivity (Wildman–Crippen MR) is 84.3 cm³/mol. The molecule has 1 aliphatic heterocycles. The summed E-state index contributed by atoms with van der Waals surface area (Å²) in [6.45, 7) is 9.12.